The number of amides is 1. The van der Waals surface area contributed by atoms with Crippen LogP contribution < -0.4 is 10.6 Å². The number of nitrogens with one attached hydrogen (secondary N) is 2. The highest BCUT2D eigenvalue weighted by Crippen LogP contribution is 2.27. The van der Waals surface area contributed by atoms with Crippen LogP contribution in [0.5, 0.6) is 0 Å². The summed E-state index contributed by atoms with van der Waals surface area (Å²) in [5, 5.41) is 6.40. The monoisotopic (exact) mass is 276 g/mol. The zero-order chi connectivity index (χ0) is 15.3. The van der Waals surface area contributed by atoms with Crippen molar-refractivity contribution in [3.8, 4) is 0 Å². The number of rotatable bonds is 5. The van der Waals surface area contributed by atoms with Gasteiger partial charge in [-0.3, -0.25) is 4.79 Å². The molecule has 0 aliphatic rings. The minimum Gasteiger partial charge on any atom is -0.326 e. The van der Waals surface area contributed by atoms with E-state index in [1.54, 1.807) is 0 Å². The van der Waals surface area contributed by atoms with Crippen molar-refractivity contribution in [2.75, 3.05) is 11.9 Å². The Labute approximate surface area is 123 Å². The van der Waals surface area contributed by atoms with Crippen LogP contribution in [0.4, 0.5) is 5.69 Å². The molecule has 1 rings (SSSR count). The summed E-state index contributed by atoms with van der Waals surface area (Å²) in [6.07, 6.45) is 0.489. The van der Waals surface area contributed by atoms with Crippen LogP contribution in [0, 0.1) is 6.92 Å². The molecule has 0 aliphatic heterocycles. The quantitative estimate of drug-likeness (QED) is 0.858. The number of anilines is 1. The molecule has 2 N–H and O–H groups in total. The Morgan fingerprint density at radius 2 is 1.90 bits per heavy atom. The molecule has 0 aliphatic carbocycles. The minimum atomic E-state index is 0.0477. The van der Waals surface area contributed by atoms with Crippen LogP contribution in [0.1, 0.15) is 58.1 Å². The Morgan fingerprint density at radius 3 is 2.45 bits per heavy atom. The lowest BCUT2D eigenvalue weighted by atomic mass is 9.98. The largest absolute Gasteiger partial charge is 0.326 e. The van der Waals surface area contributed by atoms with Crippen LogP contribution in [-0.2, 0) is 4.79 Å². The summed E-state index contributed by atoms with van der Waals surface area (Å²) in [5.41, 5.74) is 3.34. The maximum atomic E-state index is 12.1. The van der Waals surface area contributed by atoms with Gasteiger partial charge in [-0.1, -0.05) is 32.0 Å². The average Bonchev–Trinajstić information content (AvgIpc) is 2.29. The third-order valence-electron chi connectivity index (χ3n) is 3.20. The number of carbonyl (C=O) groups excluding carboxylic acids is 1. The van der Waals surface area contributed by atoms with Crippen LogP contribution >= 0.6 is 0 Å². The lowest BCUT2D eigenvalue weighted by molar-refractivity contribution is -0.116. The van der Waals surface area contributed by atoms with Gasteiger partial charge in [0.15, 0.2) is 0 Å². The summed E-state index contributed by atoms with van der Waals surface area (Å²) < 4.78 is 0. The second-order valence-corrected chi connectivity index (χ2v) is 6.67. The molecule has 0 heterocycles. The number of benzene rings is 1. The highest BCUT2D eigenvalue weighted by Gasteiger charge is 2.13. The molecule has 0 atom stereocenters. The molecule has 0 radical (unpaired) electrons. The molecule has 3 nitrogen and oxygen atoms in total. The summed E-state index contributed by atoms with van der Waals surface area (Å²) >= 11 is 0. The van der Waals surface area contributed by atoms with E-state index in [1.165, 1.54) is 5.56 Å². The van der Waals surface area contributed by atoms with Crippen molar-refractivity contribution in [1.29, 1.82) is 0 Å². The average molecular weight is 276 g/mol. The third-order valence-corrected chi connectivity index (χ3v) is 3.20. The van der Waals surface area contributed by atoms with Gasteiger partial charge in [0.25, 0.3) is 0 Å². The second kappa shape index (κ2) is 6.89. The van der Waals surface area contributed by atoms with Gasteiger partial charge < -0.3 is 10.6 Å². The van der Waals surface area contributed by atoms with Gasteiger partial charge in [0.05, 0.1) is 0 Å². The second-order valence-electron chi connectivity index (χ2n) is 6.67. The fourth-order valence-corrected chi connectivity index (χ4v) is 2.10. The van der Waals surface area contributed by atoms with E-state index in [9.17, 15) is 4.79 Å². The fraction of sp³-hybridized carbons (Fsp3) is 0.588. The number of aryl methyl sites for hydroxylation is 1. The summed E-state index contributed by atoms with van der Waals surface area (Å²) in [6.45, 7) is 13.3. The van der Waals surface area contributed by atoms with Crippen molar-refractivity contribution in [1.82, 2.24) is 5.32 Å². The molecule has 3 heteroatoms. The van der Waals surface area contributed by atoms with Crippen molar-refractivity contribution >= 4 is 11.6 Å². The van der Waals surface area contributed by atoms with Gasteiger partial charge >= 0.3 is 0 Å². The molecule has 0 bridgehead atoms. The molecule has 0 aromatic heterocycles. The van der Waals surface area contributed by atoms with E-state index >= 15 is 0 Å². The van der Waals surface area contributed by atoms with Gasteiger partial charge in [0.2, 0.25) is 5.91 Å². The topological polar surface area (TPSA) is 41.1 Å². The SMILES string of the molecule is Cc1cccc(C(C)C)c1NC(=O)CCNC(C)(C)C. The van der Waals surface area contributed by atoms with Gasteiger partial charge in [-0.15, -0.1) is 0 Å². The zero-order valence-corrected chi connectivity index (χ0v) is 13.6. The van der Waals surface area contributed by atoms with Crippen molar-refractivity contribution < 1.29 is 4.79 Å². The predicted molar refractivity (Wildman–Crippen MR) is 86.3 cm³/mol. The van der Waals surface area contributed by atoms with Gasteiger partial charge in [0, 0.05) is 24.2 Å². The maximum absolute atomic E-state index is 12.1. The van der Waals surface area contributed by atoms with Gasteiger partial charge in [-0.25, -0.2) is 0 Å². The number of hydrogen-bond acceptors (Lipinski definition) is 2. The first-order valence-electron chi connectivity index (χ1n) is 7.35. The van der Waals surface area contributed by atoms with E-state index in [0.717, 1.165) is 11.3 Å². The first-order valence-corrected chi connectivity index (χ1v) is 7.35. The summed E-state index contributed by atoms with van der Waals surface area (Å²) in [5.74, 6) is 0.468. The smallest absolute Gasteiger partial charge is 0.225 e. The Morgan fingerprint density at radius 1 is 1.25 bits per heavy atom. The Kier molecular flexibility index (Phi) is 5.75. The lowest BCUT2D eigenvalue weighted by Crippen LogP contribution is -2.37. The minimum absolute atomic E-state index is 0.0477. The number of hydrogen-bond donors (Lipinski definition) is 2. The molecule has 112 valence electrons. The molecule has 0 spiro atoms. The molecule has 0 fully saturated rings. The molecule has 1 aromatic carbocycles. The molecule has 1 aromatic rings. The maximum Gasteiger partial charge on any atom is 0.225 e. The predicted octanol–water partition coefficient (Wildman–Crippen LogP) is 3.84. The molecule has 20 heavy (non-hydrogen) atoms. The Hall–Kier alpha value is -1.35. The summed E-state index contributed by atoms with van der Waals surface area (Å²) in [6, 6.07) is 6.16. The first kappa shape index (κ1) is 16.7. The fourth-order valence-electron chi connectivity index (χ4n) is 2.10. The zero-order valence-electron chi connectivity index (χ0n) is 13.6. The van der Waals surface area contributed by atoms with Crippen LogP contribution in [0.25, 0.3) is 0 Å². The molecular weight excluding hydrogens is 248 g/mol. The third kappa shape index (κ3) is 5.33. The lowest BCUT2D eigenvalue weighted by Gasteiger charge is -2.21. The molecule has 1 amide bonds. The van der Waals surface area contributed by atoms with E-state index in [2.05, 4.69) is 51.3 Å². The molecular formula is C17H28N2O. The molecule has 0 saturated carbocycles. The molecule has 0 saturated heterocycles. The standard InChI is InChI=1S/C17H28N2O/c1-12(2)14-9-7-8-13(3)16(14)19-15(20)10-11-18-17(4,5)6/h7-9,12,18H,10-11H2,1-6H3,(H,19,20). The van der Waals surface area contributed by atoms with E-state index in [1.807, 2.05) is 19.1 Å². The van der Waals surface area contributed by atoms with E-state index < -0.39 is 0 Å². The Balaban J connectivity index is 2.67. The van der Waals surface area contributed by atoms with Gasteiger partial charge in [-0.2, -0.15) is 0 Å². The normalized spacial score (nSPS) is 11.8. The number of para-hydroxylation sites is 1. The van der Waals surface area contributed by atoms with Crippen LogP contribution in [0.2, 0.25) is 0 Å². The van der Waals surface area contributed by atoms with Crippen molar-refractivity contribution in [3.05, 3.63) is 29.3 Å². The van der Waals surface area contributed by atoms with Crippen molar-refractivity contribution in [2.45, 2.75) is 59.4 Å². The van der Waals surface area contributed by atoms with Crippen molar-refractivity contribution in [2.24, 2.45) is 0 Å². The van der Waals surface area contributed by atoms with E-state index in [0.29, 0.717) is 18.9 Å². The first-order chi connectivity index (χ1) is 9.20. The highest BCUT2D eigenvalue weighted by molar-refractivity contribution is 5.92. The highest BCUT2D eigenvalue weighted by atomic mass is 16.1. The van der Waals surface area contributed by atoms with Crippen molar-refractivity contribution in [3.63, 3.8) is 0 Å². The summed E-state index contributed by atoms with van der Waals surface area (Å²) in [4.78, 5) is 12.1. The number of carbonyl (C=O) groups is 1. The van der Waals surface area contributed by atoms with E-state index in [4.69, 9.17) is 0 Å². The van der Waals surface area contributed by atoms with Gasteiger partial charge in [0.1, 0.15) is 0 Å². The Bertz CT molecular complexity index is 459. The van der Waals surface area contributed by atoms with Gasteiger partial charge in [-0.05, 0) is 44.7 Å². The summed E-state index contributed by atoms with van der Waals surface area (Å²) in [7, 11) is 0. The van der Waals surface area contributed by atoms with Crippen LogP contribution in [-0.4, -0.2) is 18.0 Å². The van der Waals surface area contributed by atoms with E-state index in [-0.39, 0.29) is 11.4 Å². The van der Waals surface area contributed by atoms with Crippen LogP contribution in [0.15, 0.2) is 18.2 Å². The van der Waals surface area contributed by atoms with Crippen LogP contribution in [0.3, 0.4) is 0 Å². The molecule has 0 unspecified atom stereocenters.